The Morgan fingerprint density at radius 2 is 2.00 bits per heavy atom. The van der Waals surface area contributed by atoms with E-state index in [1.54, 1.807) is 20.8 Å². The summed E-state index contributed by atoms with van der Waals surface area (Å²) >= 11 is 0. The van der Waals surface area contributed by atoms with Gasteiger partial charge >= 0.3 is 0 Å². The van der Waals surface area contributed by atoms with E-state index in [0.717, 1.165) is 12.1 Å². The highest BCUT2D eigenvalue weighted by atomic mass is 32.2. The van der Waals surface area contributed by atoms with Crippen LogP contribution in [0.2, 0.25) is 0 Å². The number of carbonyl (C=O) groups is 1. The molecule has 9 heteroatoms. The molecule has 0 aliphatic heterocycles. The Morgan fingerprint density at radius 3 is 2.52 bits per heavy atom. The number of amides is 1. The van der Waals surface area contributed by atoms with Crippen LogP contribution in [0.5, 0.6) is 0 Å². The number of benzene rings is 1. The molecule has 1 aromatic carbocycles. The second-order valence-corrected chi connectivity index (χ2v) is 7.70. The molecule has 7 nitrogen and oxygen atoms in total. The van der Waals surface area contributed by atoms with Gasteiger partial charge in [0.05, 0.1) is 6.61 Å². The summed E-state index contributed by atoms with van der Waals surface area (Å²) in [6, 6.07) is 2.34. The van der Waals surface area contributed by atoms with Crippen molar-refractivity contribution in [2.45, 2.75) is 37.2 Å². The number of anilines is 1. The number of nitrogens with one attached hydrogen (secondary N) is 2. The lowest BCUT2D eigenvalue weighted by molar-refractivity contribution is -0.118. The van der Waals surface area contributed by atoms with Crippen molar-refractivity contribution in [1.82, 2.24) is 4.72 Å². The fraction of sp³-hybridized carbons (Fsp3) is 0.500. The minimum atomic E-state index is -4.07. The Kier molecular flexibility index (Phi) is 6.23. The number of ether oxygens (including phenoxy) is 1. The summed E-state index contributed by atoms with van der Waals surface area (Å²) in [7, 11) is -2.67. The quantitative estimate of drug-likeness (QED) is 0.705. The molecule has 0 saturated carbocycles. The summed E-state index contributed by atoms with van der Waals surface area (Å²) in [5, 5.41) is 2.43. The first-order valence-electron chi connectivity index (χ1n) is 6.85. The number of hydrogen-bond donors (Lipinski definition) is 3. The van der Waals surface area contributed by atoms with Gasteiger partial charge in [-0.25, -0.2) is 17.5 Å². The van der Waals surface area contributed by atoms with Gasteiger partial charge < -0.3 is 15.8 Å². The number of halogens is 1. The third-order valence-corrected chi connectivity index (χ3v) is 4.38. The van der Waals surface area contributed by atoms with E-state index >= 15 is 0 Å². The van der Waals surface area contributed by atoms with Gasteiger partial charge in [0.25, 0.3) is 0 Å². The molecule has 1 aromatic rings. The molecule has 0 aliphatic rings. The molecule has 0 spiro atoms. The molecule has 0 aliphatic carbocycles. The predicted octanol–water partition coefficient (Wildman–Crippen LogP) is 0.815. The van der Waals surface area contributed by atoms with E-state index in [4.69, 9.17) is 10.5 Å². The van der Waals surface area contributed by atoms with Gasteiger partial charge in [-0.1, -0.05) is 0 Å². The summed E-state index contributed by atoms with van der Waals surface area (Å²) in [4.78, 5) is 11.3. The molecule has 1 atom stereocenters. The van der Waals surface area contributed by atoms with E-state index < -0.39 is 38.2 Å². The minimum Gasteiger partial charge on any atom is -0.383 e. The Labute approximate surface area is 135 Å². The average Bonchev–Trinajstić information content (AvgIpc) is 2.38. The van der Waals surface area contributed by atoms with Gasteiger partial charge in [-0.3, -0.25) is 4.79 Å². The Bertz CT molecular complexity index is 671. The van der Waals surface area contributed by atoms with Gasteiger partial charge in [0.15, 0.2) is 0 Å². The van der Waals surface area contributed by atoms with E-state index in [1.807, 2.05) is 0 Å². The topological polar surface area (TPSA) is 111 Å². The maximum Gasteiger partial charge on any atom is 0.244 e. The molecule has 0 radical (unpaired) electrons. The second kappa shape index (κ2) is 7.35. The SMILES string of the molecule is COCC(N)C(=O)Nc1ccc(F)c(S(=O)(=O)NC(C)(C)C)c1. The van der Waals surface area contributed by atoms with Crippen LogP contribution in [0.3, 0.4) is 0 Å². The summed E-state index contributed by atoms with van der Waals surface area (Å²) in [5.74, 6) is -1.48. The monoisotopic (exact) mass is 347 g/mol. The van der Waals surface area contributed by atoms with Crippen LogP contribution >= 0.6 is 0 Å². The first kappa shape index (κ1) is 19.5. The third kappa shape index (κ3) is 5.87. The third-order valence-electron chi connectivity index (χ3n) is 2.61. The van der Waals surface area contributed by atoms with Crippen molar-refractivity contribution in [3.8, 4) is 0 Å². The summed E-state index contributed by atoms with van der Waals surface area (Å²) < 4.78 is 45.5. The first-order valence-corrected chi connectivity index (χ1v) is 8.33. The summed E-state index contributed by atoms with van der Waals surface area (Å²) in [5.41, 5.74) is 4.92. The van der Waals surface area contributed by atoms with Gasteiger partial charge in [0.1, 0.15) is 16.8 Å². The van der Waals surface area contributed by atoms with Gasteiger partial charge in [0.2, 0.25) is 15.9 Å². The Hall–Kier alpha value is -1.55. The number of nitrogens with two attached hydrogens (primary N) is 1. The molecule has 0 aromatic heterocycles. The van der Waals surface area contributed by atoms with E-state index in [9.17, 15) is 17.6 Å². The van der Waals surface area contributed by atoms with E-state index in [2.05, 4.69) is 10.0 Å². The summed E-state index contributed by atoms with van der Waals surface area (Å²) in [6.07, 6.45) is 0. The van der Waals surface area contributed by atoms with Crippen LogP contribution in [0.4, 0.5) is 10.1 Å². The molecule has 130 valence electrons. The number of methoxy groups -OCH3 is 1. The fourth-order valence-corrected chi connectivity index (χ4v) is 3.26. The molecular weight excluding hydrogens is 325 g/mol. The van der Waals surface area contributed by atoms with Crippen molar-refractivity contribution in [2.24, 2.45) is 5.73 Å². The molecule has 23 heavy (non-hydrogen) atoms. The maximum atomic E-state index is 13.9. The van der Waals surface area contributed by atoms with Crippen LogP contribution in [-0.2, 0) is 19.6 Å². The lowest BCUT2D eigenvalue weighted by Crippen LogP contribution is -2.41. The predicted molar refractivity (Wildman–Crippen MR) is 85.0 cm³/mol. The van der Waals surface area contributed by atoms with Crippen LogP contribution in [0.15, 0.2) is 23.1 Å². The van der Waals surface area contributed by atoms with E-state index in [1.165, 1.54) is 13.2 Å². The van der Waals surface area contributed by atoms with Crippen molar-refractivity contribution in [3.63, 3.8) is 0 Å². The molecule has 0 fully saturated rings. The second-order valence-electron chi connectivity index (χ2n) is 6.05. The zero-order chi connectivity index (χ0) is 17.8. The van der Waals surface area contributed by atoms with Crippen LogP contribution in [-0.4, -0.2) is 39.6 Å². The maximum absolute atomic E-state index is 13.9. The molecule has 1 unspecified atom stereocenters. The molecule has 4 N–H and O–H groups in total. The van der Waals surface area contributed by atoms with Crippen molar-refractivity contribution in [2.75, 3.05) is 19.0 Å². The molecular formula is C14H22FN3O4S. The zero-order valence-electron chi connectivity index (χ0n) is 13.5. The normalized spacial score (nSPS) is 13.7. The highest BCUT2D eigenvalue weighted by Crippen LogP contribution is 2.21. The number of carbonyl (C=O) groups excluding carboxylic acids is 1. The molecule has 1 rings (SSSR count). The fourth-order valence-electron chi connectivity index (χ4n) is 1.74. The molecule has 0 saturated heterocycles. The van der Waals surface area contributed by atoms with E-state index in [0.29, 0.717) is 0 Å². The van der Waals surface area contributed by atoms with Crippen molar-refractivity contribution < 1.29 is 22.3 Å². The van der Waals surface area contributed by atoms with Crippen LogP contribution < -0.4 is 15.8 Å². The standard InChI is InChI=1S/C14H22FN3O4S/c1-14(2,3)18-23(20,21)12-7-9(5-6-10(12)15)17-13(19)11(16)8-22-4/h5-7,11,18H,8,16H2,1-4H3,(H,17,19). The van der Waals surface area contributed by atoms with Crippen molar-refractivity contribution in [3.05, 3.63) is 24.0 Å². The molecule has 1 amide bonds. The molecule has 0 heterocycles. The average molecular weight is 347 g/mol. The molecule has 0 bridgehead atoms. The highest BCUT2D eigenvalue weighted by Gasteiger charge is 2.25. The number of rotatable bonds is 6. The van der Waals surface area contributed by atoms with Gasteiger partial charge in [-0.05, 0) is 39.0 Å². The van der Waals surface area contributed by atoms with Gasteiger partial charge in [-0.15, -0.1) is 0 Å². The van der Waals surface area contributed by atoms with Gasteiger partial charge in [-0.2, -0.15) is 0 Å². The highest BCUT2D eigenvalue weighted by molar-refractivity contribution is 7.89. The van der Waals surface area contributed by atoms with Crippen molar-refractivity contribution in [1.29, 1.82) is 0 Å². The smallest absolute Gasteiger partial charge is 0.244 e. The first-order chi connectivity index (χ1) is 10.5. The lowest BCUT2D eigenvalue weighted by atomic mass is 10.1. The van der Waals surface area contributed by atoms with Crippen LogP contribution in [0.25, 0.3) is 0 Å². The Morgan fingerprint density at radius 1 is 1.39 bits per heavy atom. The lowest BCUT2D eigenvalue weighted by Gasteiger charge is -2.21. The van der Waals surface area contributed by atoms with Crippen molar-refractivity contribution >= 4 is 21.6 Å². The largest absolute Gasteiger partial charge is 0.383 e. The summed E-state index contributed by atoms with van der Waals surface area (Å²) in [6.45, 7) is 4.91. The van der Waals surface area contributed by atoms with E-state index in [-0.39, 0.29) is 12.3 Å². The van der Waals surface area contributed by atoms with Crippen LogP contribution in [0.1, 0.15) is 20.8 Å². The van der Waals surface area contributed by atoms with Crippen LogP contribution in [0, 0.1) is 5.82 Å². The Balaban J connectivity index is 3.07. The zero-order valence-corrected chi connectivity index (χ0v) is 14.3. The van der Waals surface area contributed by atoms with Gasteiger partial charge in [0, 0.05) is 18.3 Å². The number of sulfonamides is 1. The number of hydrogen-bond acceptors (Lipinski definition) is 5. The minimum absolute atomic E-state index is 0.00373.